The number of nitrogens with two attached hydrogens (primary N) is 3. The number of hydrogen-bond donors (Lipinski definition) is 12. The topological polar surface area (TPSA) is 459 Å². The van der Waals surface area contributed by atoms with Gasteiger partial charge in [0, 0.05) is 56.3 Å². The highest BCUT2D eigenvalue weighted by Gasteiger charge is 2.34. The summed E-state index contributed by atoms with van der Waals surface area (Å²) in [6.07, 6.45) is 1.64. The second kappa shape index (κ2) is 30.0. The van der Waals surface area contributed by atoms with Gasteiger partial charge in [-0.15, -0.1) is 10.2 Å². The van der Waals surface area contributed by atoms with Crippen molar-refractivity contribution >= 4 is 62.1 Å². The van der Waals surface area contributed by atoms with E-state index in [1.54, 1.807) is 0 Å². The number of carbonyl (C=O) groups is 8. The quantitative estimate of drug-likeness (QED) is 0.0246. The molecule has 28 nitrogen and oxygen atoms in total. The first kappa shape index (κ1) is 61.9. The number of carboxylic acid groups (broad SMARTS) is 1. The molecule has 2 rings (SSSR count). The molecule has 0 saturated heterocycles. The third kappa shape index (κ3) is 24.2. The van der Waals surface area contributed by atoms with E-state index in [0.717, 1.165) is 9.36 Å². The lowest BCUT2D eigenvalue weighted by Crippen LogP contribution is -2.49. The molecule has 0 aliphatic rings. The van der Waals surface area contributed by atoms with Crippen LogP contribution < -0.4 is 38.5 Å². The predicted octanol–water partition coefficient (Wildman–Crippen LogP) is -2.57. The number of nitrogens with one attached hydrogen (secondary N) is 4. The molecular formula is C41H71N13O15P2. The van der Waals surface area contributed by atoms with Crippen LogP contribution in [0.25, 0.3) is 0 Å². The summed E-state index contributed by atoms with van der Waals surface area (Å²) >= 11 is 0. The Morgan fingerprint density at radius 1 is 0.592 bits per heavy atom. The van der Waals surface area contributed by atoms with Crippen LogP contribution in [0.4, 0.5) is 0 Å². The van der Waals surface area contributed by atoms with Gasteiger partial charge < -0.3 is 63.1 Å². The molecule has 4 amide bonds. The second-order valence-corrected chi connectivity index (χ2v) is 21.3. The van der Waals surface area contributed by atoms with E-state index in [0.29, 0.717) is 32.2 Å². The second-order valence-electron chi connectivity index (χ2n) is 17.7. The average Bonchev–Trinajstić information content (AvgIpc) is 3.94. The Bertz CT molecular complexity index is 2210. The minimum atomic E-state index is -4.41. The first-order chi connectivity index (χ1) is 33.1. The van der Waals surface area contributed by atoms with E-state index in [1.165, 1.54) is 40.1 Å². The van der Waals surface area contributed by atoms with Gasteiger partial charge >= 0.3 is 21.2 Å². The summed E-state index contributed by atoms with van der Waals surface area (Å²) in [5.41, 5.74) is 17.4. The van der Waals surface area contributed by atoms with Crippen molar-refractivity contribution in [2.75, 3.05) is 25.4 Å². The highest BCUT2D eigenvalue weighted by Crippen LogP contribution is 2.34. The predicted molar refractivity (Wildman–Crippen MR) is 252 cm³/mol. The molecule has 8 atom stereocenters. The Labute approximate surface area is 410 Å². The Morgan fingerprint density at radius 2 is 1.06 bits per heavy atom. The number of nitrogens with zero attached hydrogens (tertiary/aromatic N) is 6. The lowest BCUT2D eigenvalue weighted by molar-refractivity contribution is -0.142. The number of ketones is 3. The van der Waals surface area contributed by atoms with Crippen molar-refractivity contribution in [2.45, 2.75) is 142 Å². The first-order valence-corrected chi connectivity index (χ1v) is 26.8. The molecule has 0 aliphatic heterocycles. The van der Waals surface area contributed by atoms with Gasteiger partial charge in [0.15, 0.2) is 17.3 Å². The molecule has 2 heterocycles. The Morgan fingerprint density at radius 3 is 1.56 bits per heavy atom. The SMILES string of the molecule is C[C@H](N)C(=O)N[C@@H](CCCCN)C(=O)C[C@@H](Cc1cn(CCP(=O)(O)O)nn1)C(=O)N[C@@H](C)C(=O)C[C@@H](CCCCN)C(=O)N[C@@H](Cc1cn(CCP(=O)(O)O)nn1)C(=O)C[C@@H](C)C(=O)N[C@@H](C)C(=O)O. The van der Waals surface area contributed by atoms with Crippen LogP contribution in [-0.2, 0) is 73.4 Å². The van der Waals surface area contributed by atoms with Gasteiger partial charge in [-0.3, -0.25) is 56.8 Å². The fraction of sp³-hybridized carbons (Fsp3) is 0.707. The van der Waals surface area contributed by atoms with Crippen molar-refractivity contribution in [3.8, 4) is 0 Å². The first-order valence-electron chi connectivity index (χ1n) is 23.2. The highest BCUT2D eigenvalue weighted by molar-refractivity contribution is 7.52. The van der Waals surface area contributed by atoms with Gasteiger partial charge in [0.25, 0.3) is 0 Å². The zero-order valence-corrected chi connectivity index (χ0v) is 42.2. The average molecular weight is 1050 g/mol. The minimum Gasteiger partial charge on any atom is -0.480 e. The van der Waals surface area contributed by atoms with Gasteiger partial charge in [-0.1, -0.05) is 23.8 Å². The van der Waals surface area contributed by atoms with Crippen molar-refractivity contribution in [3.05, 3.63) is 23.8 Å². The Balaban J connectivity index is 2.42. The molecule has 0 unspecified atom stereocenters. The van der Waals surface area contributed by atoms with E-state index in [1.807, 2.05) is 0 Å². The van der Waals surface area contributed by atoms with E-state index in [-0.39, 0.29) is 56.7 Å². The number of hydrogen-bond acceptors (Lipinski definition) is 17. The lowest BCUT2D eigenvalue weighted by Gasteiger charge is -2.25. The van der Waals surface area contributed by atoms with Gasteiger partial charge in [-0.2, -0.15) is 0 Å². The van der Waals surface area contributed by atoms with Crippen LogP contribution in [0.2, 0.25) is 0 Å². The number of carbonyl (C=O) groups excluding carboxylic acids is 7. The summed E-state index contributed by atoms with van der Waals surface area (Å²) in [4.78, 5) is 144. The molecule has 0 fully saturated rings. The summed E-state index contributed by atoms with van der Waals surface area (Å²) in [6.45, 7) is 5.52. The Hall–Kier alpha value is -5.18. The molecule has 0 aromatic carbocycles. The van der Waals surface area contributed by atoms with Crippen LogP contribution in [0.3, 0.4) is 0 Å². The molecule has 400 valence electrons. The van der Waals surface area contributed by atoms with Gasteiger partial charge in [-0.05, 0) is 66.0 Å². The maximum absolute atomic E-state index is 14.1. The summed E-state index contributed by atoms with van der Waals surface area (Å²) in [7, 11) is -8.82. The van der Waals surface area contributed by atoms with Crippen LogP contribution in [0.5, 0.6) is 0 Å². The van der Waals surface area contributed by atoms with E-state index in [4.69, 9.17) is 17.2 Å². The van der Waals surface area contributed by atoms with Crippen LogP contribution in [-0.4, -0.2) is 157 Å². The van der Waals surface area contributed by atoms with Crippen LogP contribution in [0, 0.1) is 17.8 Å². The van der Waals surface area contributed by atoms with Gasteiger partial charge in [0.1, 0.15) is 6.04 Å². The summed E-state index contributed by atoms with van der Waals surface area (Å²) in [5.74, 6) is -9.49. The normalized spacial score (nSPS) is 15.3. The van der Waals surface area contributed by atoms with Gasteiger partial charge in [0.2, 0.25) is 23.6 Å². The maximum atomic E-state index is 14.1. The van der Waals surface area contributed by atoms with Crippen molar-refractivity contribution in [1.82, 2.24) is 51.3 Å². The van der Waals surface area contributed by atoms with E-state index < -0.39 is 142 Å². The van der Waals surface area contributed by atoms with Crippen LogP contribution >= 0.6 is 15.2 Å². The fourth-order valence-electron chi connectivity index (χ4n) is 6.94. The summed E-state index contributed by atoms with van der Waals surface area (Å²) in [6, 6.07) is -5.95. The third-order valence-corrected chi connectivity index (χ3v) is 12.8. The molecule has 2 aromatic rings. The molecule has 0 spiro atoms. The maximum Gasteiger partial charge on any atom is 0.327 e. The molecule has 15 N–H and O–H groups in total. The largest absolute Gasteiger partial charge is 0.480 e. The number of amides is 4. The summed E-state index contributed by atoms with van der Waals surface area (Å²) in [5, 5.41) is 35.1. The zero-order valence-electron chi connectivity index (χ0n) is 40.4. The highest BCUT2D eigenvalue weighted by atomic mass is 31.2. The number of rotatable bonds is 36. The van der Waals surface area contributed by atoms with Crippen molar-refractivity contribution in [1.29, 1.82) is 0 Å². The molecule has 71 heavy (non-hydrogen) atoms. The number of carboxylic acids is 1. The van der Waals surface area contributed by atoms with E-state index in [9.17, 15) is 72.2 Å². The van der Waals surface area contributed by atoms with Crippen molar-refractivity contribution in [3.63, 3.8) is 0 Å². The minimum absolute atomic E-state index is 0.0915. The monoisotopic (exact) mass is 1050 g/mol. The van der Waals surface area contributed by atoms with Crippen LogP contribution in [0.15, 0.2) is 12.4 Å². The Kier molecular flexibility index (Phi) is 26.2. The van der Waals surface area contributed by atoms with Gasteiger partial charge in [-0.25, -0.2) is 0 Å². The van der Waals surface area contributed by atoms with E-state index in [2.05, 4.69) is 41.9 Å². The fourth-order valence-corrected chi connectivity index (χ4v) is 7.87. The number of Topliss-reactive ketones (excluding diaryl/α,β-unsaturated/α-hetero) is 3. The molecular weight excluding hydrogens is 976 g/mol. The van der Waals surface area contributed by atoms with Gasteiger partial charge in [0.05, 0.1) is 66.9 Å². The zero-order chi connectivity index (χ0) is 53.6. The molecule has 0 radical (unpaired) electrons. The molecule has 0 aliphatic carbocycles. The third-order valence-electron chi connectivity index (χ3n) is 11.2. The number of aromatic nitrogens is 6. The van der Waals surface area contributed by atoms with E-state index >= 15 is 0 Å². The van der Waals surface area contributed by atoms with Crippen molar-refractivity contribution in [2.24, 2.45) is 35.0 Å². The molecule has 30 heteroatoms. The molecule has 0 saturated carbocycles. The number of aryl methyl sites for hydroxylation is 2. The van der Waals surface area contributed by atoms with Crippen molar-refractivity contribution < 1.29 is 72.2 Å². The molecule has 0 bridgehead atoms. The smallest absolute Gasteiger partial charge is 0.327 e. The lowest BCUT2D eigenvalue weighted by atomic mass is 9.90. The standard InChI is InChI=1S/C41H71N13O15P2/c1-24(37(58)46-27(4)41(62)63)17-35(56)33(21-31-23-54(52-50-31)14-16-71(67,68)69)48-39(60)28(9-5-7-11-42)19-34(55)26(3)45-40(61)29(18-30-22-53(51-49-30)13-15-70(64,65)66)20-36(57)32(10-6-8-12-43)47-38(59)25(2)44/h22-29,32-33H,5-21,42-44H2,1-4H3,(H,45,61)(H,46,58)(H,47,59)(H,48,60)(H,62,63)(H2,64,65,66)(H2,67,68,69)/t24-,25+,26+,27+,28-,29-,32+,33+/m1/s1. The number of unbranched alkanes of at least 4 members (excludes halogenated alkanes) is 2. The van der Waals surface area contributed by atoms with Crippen LogP contribution in [0.1, 0.15) is 96.9 Å². The molecule has 2 aromatic heterocycles. The number of aliphatic carboxylic acids is 1. The summed E-state index contributed by atoms with van der Waals surface area (Å²) < 4.78 is 25.2.